The lowest BCUT2D eigenvalue weighted by molar-refractivity contribution is -0.137. The fourth-order valence-electron chi connectivity index (χ4n) is 2.16. The van der Waals surface area contributed by atoms with Gasteiger partial charge in [0.05, 0.1) is 22.5 Å². The molecule has 0 unspecified atom stereocenters. The molecule has 0 spiro atoms. The van der Waals surface area contributed by atoms with Crippen molar-refractivity contribution in [3.8, 4) is 0 Å². The first-order chi connectivity index (χ1) is 10.9. The number of halogens is 3. The van der Waals surface area contributed by atoms with Gasteiger partial charge in [-0.25, -0.2) is 0 Å². The highest BCUT2D eigenvalue weighted by Gasteiger charge is 2.31. The molecular formula is C15H11F3N4O. The van der Waals surface area contributed by atoms with E-state index >= 15 is 0 Å². The Morgan fingerprint density at radius 3 is 2.65 bits per heavy atom. The molecule has 0 bridgehead atoms. The number of para-hydroxylation sites is 1. The zero-order chi connectivity index (χ0) is 16.6. The zero-order valence-electron chi connectivity index (χ0n) is 11.6. The smallest absolute Gasteiger partial charge is 0.397 e. The van der Waals surface area contributed by atoms with Gasteiger partial charge in [-0.05, 0) is 24.3 Å². The number of hydrogen-bond donors (Lipinski definition) is 3. The van der Waals surface area contributed by atoms with Crippen molar-refractivity contribution < 1.29 is 18.0 Å². The van der Waals surface area contributed by atoms with Gasteiger partial charge in [0.25, 0.3) is 5.91 Å². The van der Waals surface area contributed by atoms with E-state index in [0.717, 1.165) is 18.2 Å². The predicted octanol–water partition coefficient (Wildman–Crippen LogP) is 3.42. The fourth-order valence-corrected chi connectivity index (χ4v) is 2.16. The van der Waals surface area contributed by atoms with E-state index in [2.05, 4.69) is 15.5 Å². The van der Waals surface area contributed by atoms with Gasteiger partial charge in [0.1, 0.15) is 0 Å². The highest BCUT2D eigenvalue weighted by molar-refractivity contribution is 6.11. The van der Waals surface area contributed by atoms with Crippen LogP contribution in [0.15, 0.2) is 42.5 Å². The van der Waals surface area contributed by atoms with E-state index < -0.39 is 17.6 Å². The molecule has 0 aliphatic rings. The highest BCUT2D eigenvalue weighted by Crippen LogP contribution is 2.33. The number of aromatic amines is 1. The summed E-state index contributed by atoms with van der Waals surface area (Å²) in [6.45, 7) is 0. The lowest BCUT2D eigenvalue weighted by Gasteiger charge is -2.11. The van der Waals surface area contributed by atoms with Crippen LogP contribution in [0.3, 0.4) is 0 Å². The van der Waals surface area contributed by atoms with Gasteiger partial charge < -0.3 is 11.1 Å². The number of carbonyl (C=O) groups is 1. The van der Waals surface area contributed by atoms with Crippen molar-refractivity contribution in [3.63, 3.8) is 0 Å². The molecule has 5 nitrogen and oxygen atoms in total. The summed E-state index contributed by atoms with van der Waals surface area (Å²) in [4.78, 5) is 12.3. The van der Waals surface area contributed by atoms with E-state index in [1.165, 1.54) is 0 Å². The van der Waals surface area contributed by atoms with Crippen LogP contribution in [0.2, 0.25) is 0 Å². The first-order valence-electron chi connectivity index (χ1n) is 6.57. The number of hydrogen-bond acceptors (Lipinski definition) is 3. The third-order valence-electron chi connectivity index (χ3n) is 3.31. The van der Waals surface area contributed by atoms with Crippen LogP contribution in [0.4, 0.5) is 24.5 Å². The Kier molecular flexibility index (Phi) is 3.44. The molecule has 1 aromatic heterocycles. The molecule has 4 N–H and O–H groups in total. The van der Waals surface area contributed by atoms with Gasteiger partial charge in [0.15, 0.2) is 5.69 Å². The molecule has 2 aromatic carbocycles. The number of nitrogens with two attached hydrogens (primary N) is 1. The number of H-pyrrole nitrogens is 1. The number of aromatic nitrogens is 2. The van der Waals surface area contributed by atoms with E-state index in [-0.39, 0.29) is 17.1 Å². The van der Waals surface area contributed by atoms with Crippen molar-refractivity contribution in [2.45, 2.75) is 6.18 Å². The summed E-state index contributed by atoms with van der Waals surface area (Å²) in [5.74, 6) is -0.645. The van der Waals surface area contributed by atoms with Gasteiger partial charge in [-0.2, -0.15) is 18.3 Å². The average Bonchev–Trinajstić information content (AvgIpc) is 2.92. The summed E-state index contributed by atoms with van der Waals surface area (Å²) in [5.41, 5.74) is 5.39. The Balaban J connectivity index is 1.94. The first kappa shape index (κ1) is 14.9. The predicted molar refractivity (Wildman–Crippen MR) is 79.9 cm³/mol. The van der Waals surface area contributed by atoms with Crippen LogP contribution >= 0.6 is 0 Å². The quantitative estimate of drug-likeness (QED) is 0.633. The number of anilines is 2. The largest absolute Gasteiger partial charge is 0.416 e. The molecule has 0 saturated carbocycles. The molecule has 118 valence electrons. The van der Waals surface area contributed by atoms with Crippen LogP contribution in [0.25, 0.3) is 10.9 Å². The van der Waals surface area contributed by atoms with Crippen molar-refractivity contribution in [1.82, 2.24) is 10.2 Å². The summed E-state index contributed by atoms with van der Waals surface area (Å²) in [7, 11) is 0. The minimum atomic E-state index is -4.52. The minimum Gasteiger partial charge on any atom is -0.397 e. The van der Waals surface area contributed by atoms with Crippen LogP contribution in [-0.2, 0) is 6.18 Å². The Labute approximate surface area is 128 Å². The van der Waals surface area contributed by atoms with Crippen LogP contribution < -0.4 is 11.1 Å². The average molecular weight is 320 g/mol. The van der Waals surface area contributed by atoms with E-state index in [0.29, 0.717) is 10.9 Å². The molecule has 0 saturated heterocycles. The third kappa shape index (κ3) is 2.83. The Morgan fingerprint density at radius 2 is 1.91 bits per heavy atom. The van der Waals surface area contributed by atoms with Gasteiger partial charge in [0, 0.05) is 5.39 Å². The maximum Gasteiger partial charge on any atom is 0.416 e. The van der Waals surface area contributed by atoms with Crippen molar-refractivity contribution in [2.75, 3.05) is 11.1 Å². The maximum absolute atomic E-state index is 12.7. The molecule has 0 aliphatic carbocycles. The summed E-state index contributed by atoms with van der Waals surface area (Å²) in [6.07, 6.45) is -4.52. The van der Waals surface area contributed by atoms with Gasteiger partial charge in [-0.15, -0.1) is 0 Å². The zero-order valence-corrected chi connectivity index (χ0v) is 11.6. The number of fused-ring (bicyclic) bond motifs is 1. The molecule has 3 aromatic rings. The fraction of sp³-hybridized carbons (Fsp3) is 0.0667. The van der Waals surface area contributed by atoms with Crippen molar-refractivity contribution in [2.24, 2.45) is 0 Å². The number of alkyl halides is 3. The summed E-state index contributed by atoms with van der Waals surface area (Å²) >= 11 is 0. The van der Waals surface area contributed by atoms with Crippen LogP contribution in [-0.4, -0.2) is 16.1 Å². The Hall–Kier alpha value is -3.03. The molecule has 1 heterocycles. The van der Waals surface area contributed by atoms with Gasteiger partial charge >= 0.3 is 6.18 Å². The number of nitrogens with zero attached hydrogens (tertiary/aromatic N) is 1. The van der Waals surface area contributed by atoms with E-state index in [4.69, 9.17) is 5.73 Å². The topological polar surface area (TPSA) is 83.8 Å². The van der Waals surface area contributed by atoms with Gasteiger partial charge in [-0.3, -0.25) is 9.89 Å². The molecule has 3 rings (SSSR count). The first-order valence-corrected chi connectivity index (χ1v) is 6.57. The molecule has 8 heteroatoms. The second-order valence-corrected chi connectivity index (χ2v) is 4.87. The normalized spacial score (nSPS) is 11.6. The van der Waals surface area contributed by atoms with Gasteiger partial charge in [0.2, 0.25) is 0 Å². The van der Waals surface area contributed by atoms with Gasteiger partial charge in [-0.1, -0.05) is 18.2 Å². The van der Waals surface area contributed by atoms with Crippen LogP contribution in [0.5, 0.6) is 0 Å². The number of rotatable bonds is 2. The van der Waals surface area contributed by atoms with Crippen molar-refractivity contribution in [1.29, 1.82) is 0 Å². The monoisotopic (exact) mass is 320 g/mol. The lowest BCUT2D eigenvalue weighted by Crippen LogP contribution is -2.15. The molecule has 1 amide bonds. The highest BCUT2D eigenvalue weighted by atomic mass is 19.4. The van der Waals surface area contributed by atoms with Crippen LogP contribution in [0, 0.1) is 0 Å². The molecule has 0 radical (unpaired) electrons. The number of amides is 1. The van der Waals surface area contributed by atoms with E-state index in [1.54, 1.807) is 24.3 Å². The standard InChI is InChI=1S/C15H11F3N4O/c16-15(17,18)8-5-6-10(19)12(7-8)20-14(23)13-9-3-1-2-4-11(9)21-22-13/h1-7H,19H2,(H,20,23)(H,21,22). The molecular weight excluding hydrogens is 309 g/mol. The lowest BCUT2D eigenvalue weighted by atomic mass is 10.1. The number of carbonyl (C=O) groups excluding carboxylic acids is 1. The summed E-state index contributed by atoms with van der Waals surface area (Å²) < 4.78 is 38.2. The minimum absolute atomic E-state index is 0.0335. The van der Waals surface area contributed by atoms with E-state index in [9.17, 15) is 18.0 Å². The third-order valence-corrected chi connectivity index (χ3v) is 3.31. The second kappa shape index (κ2) is 5.31. The number of benzene rings is 2. The van der Waals surface area contributed by atoms with Crippen LogP contribution in [0.1, 0.15) is 16.1 Å². The summed E-state index contributed by atoms with van der Waals surface area (Å²) in [5, 5.41) is 9.51. The number of nitrogens with one attached hydrogen (secondary N) is 2. The second-order valence-electron chi connectivity index (χ2n) is 4.87. The Morgan fingerprint density at radius 1 is 1.17 bits per heavy atom. The Bertz CT molecular complexity index is 886. The maximum atomic E-state index is 12.7. The SMILES string of the molecule is Nc1ccc(C(F)(F)F)cc1NC(=O)c1n[nH]c2ccccc12. The van der Waals surface area contributed by atoms with Crippen molar-refractivity contribution >= 4 is 28.2 Å². The number of nitrogen functional groups attached to an aromatic ring is 1. The van der Waals surface area contributed by atoms with E-state index in [1.807, 2.05) is 0 Å². The molecule has 0 aliphatic heterocycles. The molecule has 23 heavy (non-hydrogen) atoms. The van der Waals surface area contributed by atoms with Crippen molar-refractivity contribution in [3.05, 3.63) is 53.7 Å². The molecule has 0 atom stereocenters. The summed E-state index contributed by atoms with van der Waals surface area (Å²) in [6, 6.07) is 9.67. The molecule has 0 fully saturated rings.